The lowest BCUT2D eigenvalue weighted by atomic mass is 9.76. The summed E-state index contributed by atoms with van der Waals surface area (Å²) in [4.78, 5) is 5.28. The quantitative estimate of drug-likeness (QED) is 0.167. The van der Waals surface area contributed by atoms with Crippen molar-refractivity contribution >= 4 is 32.9 Å². The van der Waals surface area contributed by atoms with Crippen molar-refractivity contribution in [3.8, 4) is 44.5 Å². The molecule has 2 nitrogen and oxygen atoms in total. The van der Waals surface area contributed by atoms with Gasteiger partial charge in [-0.2, -0.15) is 0 Å². The molecule has 0 bridgehead atoms. The van der Waals surface area contributed by atoms with Crippen molar-refractivity contribution in [3.05, 3.63) is 144 Å². The third kappa shape index (κ3) is 4.93. The van der Waals surface area contributed by atoms with Crippen LogP contribution in [0.3, 0.4) is 0 Å². The van der Waals surface area contributed by atoms with Gasteiger partial charge < -0.3 is 9.80 Å². The Balaban J connectivity index is 1.24. The van der Waals surface area contributed by atoms with Crippen molar-refractivity contribution in [2.75, 3.05) is 36.0 Å². The molecular formula is C54H52N2. The molecule has 2 saturated heterocycles. The zero-order valence-corrected chi connectivity index (χ0v) is 33.5. The normalized spacial score (nSPS) is 17.9. The summed E-state index contributed by atoms with van der Waals surface area (Å²) >= 11 is 0. The Morgan fingerprint density at radius 3 is 1.52 bits per heavy atom. The molecule has 2 fully saturated rings. The Bertz CT molecular complexity index is 2720. The summed E-state index contributed by atoms with van der Waals surface area (Å²) in [5.74, 6) is 0. The average Bonchev–Trinajstić information content (AvgIpc) is 3.62. The second kappa shape index (κ2) is 12.6. The van der Waals surface area contributed by atoms with Gasteiger partial charge in [-0.15, -0.1) is 0 Å². The van der Waals surface area contributed by atoms with E-state index >= 15 is 0 Å². The largest absolute Gasteiger partial charge is 0.372 e. The van der Waals surface area contributed by atoms with E-state index in [1.54, 1.807) is 0 Å². The van der Waals surface area contributed by atoms with E-state index in [0.29, 0.717) is 0 Å². The van der Waals surface area contributed by atoms with Crippen LogP contribution in [0.2, 0.25) is 0 Å². The van der Waals surface area contributed by atoms with Crippen LogP contribution in [0.1, 0.15) is 88.5 Å². The number of nitrogens with zero attached hydrogens (tertiary/aromatic N) is 2. The van der Waals surface area contributed by atoms with E-state index in [1.165, 1.54) is 138 Å². The molecule has 11 rings (SSSR count). The first-order chi connectivity index (χ1) is 27.3. The van der Waals surface area contributed by atoms with Crippen LogP contribution < -0.4 is 9.80 Å². The number of anilines is 2. The van der Waals surface area contributed by atoms with E-state index in [-0.39, 0.29) is 10.8 Å². The van der Waals surface area contributed by atoms with Crippen molar-refractivity contribution in [2.45, 2.75) is 77.0 Å². The fourth-order valence-corrected chi connectivity index (χ4v) is 11.4. The fraction of sp³-hybridized carbons (Fsp3) is 0.296. The summed E-state index contributed by atoms with van der Waals surface area (Å²) in [6.07, 6.45) is 7.71. The predicted octanol–water partition coefficient (Wildman–Crippen LogP) is 13.9. The second-order valence-corrected chi connectivity index (χ2v) is 18.1. The molecule has 4 aliphatic rings. The van der Waals surface area contributed by atoms with Crippen LogP contribution in [-0.2, 0) is 10.8 Å². The van der Waals surface area contributed by atoms with E-state index in [0.717, 1.165) is 26.2 Å². The minimum atomic E-state index is -0.126. The molecule has 0 N–H and O–H groups in total. The first-order valence-electron chi connectivity index (χ1n) is 21.3. The highest BCUT2D eigenvalue weighted by Gasteiger charge is 2.39. The zero-order valence-electron chi connectivity index (χ0n) is 33.5. The lowest BCUT2D eigenvalue weighted by Gasteiger charge is -2.31. The molecule has 0 atom stereocenters. The predicted molar refractivity (Wildman–Crippen MR) is 240 cm³/mol. The highest BCUT2D eigenvalue weighted by atomic mass is 15.1. The SMILES string of the molecule is CC1(C)c2ccccc2-c2ccc(-c3c4cc(N5CCCCC5)ccc4c(-c4cccc5c4C(C)(C)c4ccccc4-5)c4cc(N5CCCCC5)ccc34)cc21. The van der Waals surface area contributed by atoms with E-state index in [1.807, 2.05) is 0 Å². The molecule has 0 spiro atoms. The second-order valence-electron chi connectivity index (χ2n) is 18.1. The van der Waals surface area contributed by atoms with E-state index in [9.17, 15) is 0 Å². The maximum atomic E-state index is 2.64. The Morgan fingerprint density at radius 2 is 0.875 bits per heavy atom. The molecule has 0 unspecified atom stereocenters. The zero-order chi connectivity index (χ0) is 37.8. The van der Waals surface area contributed by atoms with Crippen molar-refractivity contribution in [1.29, 1.82) is 0 Å². The molecule has 7 aromatic rings. The average molecular weight is 729 g/mol. The van der Waals surface area contributed by atoms with Crippen LogP contribution in [0.5, 0.6) is 0 Å². The van der Waals surface area contributed by atoms with Gasteiger partial charge in [-0.3, -0.25) is 0 Å². The number of piperidine rings is 2. The number of hydrogen-bond donors (Lipinski definition) is 0. The van der Waals surface area contributed by atoms with Crippen LogP contribution >= 0.6 is 0 Å². The topological polar surface area (TPSA) is 6.48 Å². The standard InChI is InChI=1S/C54H52N2/c1-53(2)47-20-9-7-16-38(47)40-25-22-35(32-49(40)53)50-41-26-23-37(56-30-13-6-14-31-56)34-46(41)51(42-27-24-36(33-45(42)50)55-28-11-5-12-29-55)44-19-15-18-43-39-17-8-10-21-48(39)54(3,4)52(43)44/h7-10,15-27,32-34H,5-6,11-14,28-31H2,1-4H3. The van der Waals surface area contributed by atoms with Gasteiger partial charge in [0.25, 0.3) is 0 Å². The highest BCUT2D eigenvalue weighted by molar-refractivity contribution is 6.23. The number of fused-ring (bicyclic) bond motifs is 8. The van der Waals surface area contributed by atoms with E-state index in [2.05, 4.69) is 159 Å². The summed E-state index contributed by atoms with van der Waals surface area (Å²) in [6, 6.07) is 47.6. The number of rotatable bonds is 4. The molecular weight excluding hydrogens is 677 g/mol. The summed E-state index contributed by atoms with van der Waals surface area (Å²) in [5.41, 5.74) is 19.2. The first kappa shape index (κ1) is 34.0. The van der Waals surface area contributed by atoms with Gasteiger partial charge in [-0.05, 0) is 157 Å². The maximum absolute atomic E-state index is 2.64. The summed E-state index contributed by atoms with van der Waals surface area (Å²) in [7, 11) is 0. The Labute approximate surface area is 332 Å². The van der Waals surface area contributed by atoms with Crippen LogP contribution in [-0.4, -0.2) is 26.2 Å². The highest BCUT2D eigenvalue weighted by Crippen LogP contribution is 2.56. The molecule has 0 radical (unpaired) electrons. The Morgan fingerprint density at radius 1 is 0.375 bits per heavy atom. The van der Waals surface area contributed by atoms with Gasteiger partial charge in [0.1, 0.15) is 0 Å². The van der Waals surface area contributed by atoms with Crippen molar-refractivity contribution in [1.82, 2.24) is 0 Å². The number of benzene rings is 7. The van der Waals surface area contributed by atoms with E-state index < -0.39 is 0 Å². The third-order valence-electron chi connectivity index (χ3n) is 14.2. The molecule has 7 aromatic carbocycles. The molecule has 2 heterocycles. The molecule has 0 saturated carbocycles. The van der Waals surface area contributed by atoms with E-state index in [4.69, 9.17) is 0 Å². The van der Waals surface area contributed by atoms with Crippen LogP contribution in [0.4, 0.5) is 11.4 Å². The van der Waals surface area contributed by atoms with Crippen LogP contribution in [0.15, 0.2) is 121 Å². The molecule has 278 valence electrons. The van der Waals surface area contributed by atoms with Crippen molar-refractivity contribution in [2.24, 2.45) is 0 Å². The molecule has 2 heteroatoms. The Kier molecular flexibility index (Phi) is 7.63. The number of hydrogen-bond acceptors (Lipinski definition) is 2. The third-order valence-corrected chi connectivity index (χ3v) is 14.2. The maximum Gasteiger partial charge on any atom is 0.0372 e. The summed E-state index contributed by atoms with van der Waals surface area (Å²) in [6.45, 7) is 14.2. The molecule has 0 aromatic heterocycles. The van der Waals surface area contributed by atoms with Crippen molar-refractivity contribution in [3.63, 3.8) is 0 Å². The monoisotopic (exact) mass is 728 g/mol. The molecule has 0 amide bonds. The van der Waals surface area contributed by atoms with Crippen LogP contribution in [0, 0.1) is 0 Å². The van der Waals surface area contributed by atoms with Crippen LogP contribution in [0.25, 0.3) is 66.1 Å². The minimum Gasteiger partial charge on any atom is -0.372 e. The molecule has 56 heavy (non-hydrogen) atoms. The van der Waals surface area contributed by atoms with Gasteiger partial charge in [0.05, 0.1) is 0 Å². The van der Waals surface area contributed by atoms with Gasteiger partial charge >= 0.3 is 0 Å². The lowest BCUT2D eigenvalue weighted by molar-refractivity contribution is 0.578. The summed E-state index contributed by atoms with van der Waals surface area (Å²) in [5, 5.41) is 5.43. The summed E-state index contributed by atoms with van der Waals surface area (Å²) < 4.78 is 0. The first-order valence-corrected chi connectivity index (χ1v) is 21.3. The fourth-order valence-electron chi connectivity index (χ4n) is 11.4. The molecule has 2 aliphatic carbocycles. The smallest absolute Gasteiger partial charge is 0.0372 e. The van der Waals surface area contributed by atoms with Gasteiger partial charge in [0.2, 0.25) is 0 Å². The molecule has 2 aliphatic heterocycles. The Hall–Kier alpha value is -5.34. The van der Waals surface area contributed by atoms with Gasteiger partial charge in [0.15, 0.2) is 0 Å². The van der Waals surface area contributed by atoms with Gasteiger partial charge in [0, 0.05) is 48.4 Å². The lowest BCUT2D eigenvalue weighted by Crippen LogP contribution is -2.29. The van der Waals surface area contributed by atoms with Gasteiger partial charge in [-0.1, -0.05) is 119 Å². The minimum absolute atomic E-state index is 0.0704. The van der Waals surface area contributed by atoms with Gasteiger partial charge in [-0.25, -0.2) is 0 Å². The van der Waals surface area contributed by atoms with Crippen molar-refractivity contribution < 1.29 is 0 Å².